The van der Waals surface area contributed by atoms with E-state index in [2.05, 4.69) is 0 Å². The summed E-state index contributed by atoms with van der Waals surface area (Å²) >= 11 is 0. The summed E-state index contributed by atoms with van der Waals surface area (Å²) in [6.07, 6.45) is 0. The second kappa shape index (κ2) is 3.11. The lowest BCUT2D eigenvalue weighted by atomic mass is 10.2. The number of nitrogen functional groups attached to an aromatic ring is 1. The van der Waals surface area contributed by atoms with E-state index in [4.69, 9.17) is 19.7 Å². The van der Waals surface area contributed by atoms with E-state index in [9.17, 15) is 4.57 Å². The van der Waals surface area contributed by atoms with Gasteiger partial charge in [0.15, 0.2) is 5.75 Å². The quantitative estimate of drug-likeness (QED) is 0.578. The average molecular weight is 199 g/mol. The number of nitrogens with two attached hydrogens (primary N) is 1. The first kappa shape index (κ1) is 8.13. The van der Waals surface area contributed by atoms with Gasteiger partial charge in [-0.1, -0.05) is 0 Å². The molecule has 1 heterocycles. The maximum Gasteiger partial charge on any atom is 0.396 e. The lowest BCUT2D eigenvalue weighted by molar-refractivity contribution is 0.172. The van der Waals surface area contributed by atoms with Crippen LogP contribution >= 0.6 is 8.69 Å². The van der Waals surface area contributed by atoms with Crippen molar-refractivity contribution in [3.63, 3.8) is 0 Å². The van der Waals surface area contributed by atoms with Gasteiger partial charge >= 0.3 is 8.69 Å². The number of hydrogen-bond donors (Lipinski definition) is 1. The van der Waals surface area contributed by atoms with Crippen molar-refractivity contribution in [3.05, 3.63) is 12.1 Å². The Kier molecular flexibility index (Phi) is 1.94. The SMILES string of the molecule is Nc1ccc2c(c1OP=O)OCO2. The molecular weight excluding hydrogens is 193 g/mol. The fourth-order valence-corrected chi connectivity index (χ4v) is 1.36. The van der Waals surface area contributed by atoms with Crippen LogP contribution in [0.3, 0.4) is 0 Å². The largest absolute Gasteiger partial charge is 0.453 e. The molecule has 0 spiro atoms. The summed E-state index contributed by atoms with van der Waals surface area (Å²) in [4.78, 5) is 0. The van der Waals surface area contributed by atoms with Gasteiger partial charge < -0.3 is 19.7 Å². The summed E-state index contributed by atoms with van der Waals surface area (Å²) in [6, 6.07) is 3.28. The minimum absolute atomic E-state index is 0.130. The van der Waals surface area contributed by atoms with Gasteiger partial charge in [0.05, 0.1) is 5.69 Å². The molecular formula is C7H6NO4P. The summed E-state index contributed by atoms with van der Waals surface area (Å²) in [5.41, 5.74) is 5.94. The Hall–Kier alpha value is -1.48. The van der Waals surface area contributed by atoms with Crippen LogP contribution in [0.5, 0.6) is 17.2 Å². The summed E-state index contributed by atoms with van der Waals surface area (Å²) in [6.45, 7) is 0.130. The fourth-order valence-electron chi connectivity index (χ4n) is 1.09. The molecule has 2 N–H and O–H groups in total. The van der Waals surface area contributed by atoms with E-state index < -0.39 is 8.69 Å². The number of anilines is 1. The van der Waals surface area contributed by atoms with Crippen molar-refractivity contribution in [3.8, 4) is 17.2 Å². The molecule has 0 aromatic heterocycles. The molecule has 0 aliphatic carbocycles. The van der Waals surface area contributed by atoms with Crippen LogP contribution in [0.15, 0.2) is 12.1 Å². The molecule has 0 radical (unpaired) electrons. The lowest BCUT2D eigenvalue weighted by Gasteiger charge is -2.04. The van der Waals surface area contributed by atoms with Gasteiger partial charge in [-0.15, -0.1) is 0 Å². The average Bonchev–Trinajstić information content (AvgIpc) is 2.58. The van der Waals surface area contributed by atoms with Gasteiger partial charge in [-0.05, 0) is 12.1 Å². The molecule has 0 saturated carbocycles. The van der Waals surface area contributed by atoms with Crippen molar-refractivity contribution < 1.29 is 18.6 Å². The molecule has 0 unspecified atom stereocenters. The molecule has 0 amide bonds. The summed E-state index contributed by atoms with van der Waals surface area (Å²) in [5, 5.41) is 0. The Morgan fingerprint density at radius 3 is 3.08 bits per heavy atom. The van der Waals surface area contributed by atoms with Gasteiger partial charge in [0.2, 0.25) is 18.3 Å². The first-order chi connectivity index (χ1) is 6.33. The van der Waals surface area contributed by atoms with Crippen molar-refractivity contribution in [2.75, 3.05) is 12.5 Å². The molecule has 1 aromatic carbocycles. The minimum atomic E-state index is -0.471. The maximum atomic E-state index is 10.2. The Balaban J connectivity index is 2.51. The Labute approximate surface area is 75.7 Å². The molecule has 2 rings (SSSR count). The molecule has 68 valence electrons. The minimum Gasteiger partial charge on any atom is -0.453 e. The van der Waals surface area contributed by atoms with Crippen LogP contribution in [0.1, 0.15) is 0 Å². The monoisotopic (exact) mass is 199 g/mol. The van der Waals surface area contributed by atoms with Crippen LogP contribution in [0, 0.1) is 0 Å². The highest BCUT2D eigenvalue weighted by atomic mass is 31.1. The Morgan fingerprint density at radius 2 is 2.31 bits per heavy atom. The second-order valence-electron chi connectivity index (χ2n) is 2.38. The molecule has 0 saturated heterocycles. The van der Waals surface area contributed by atoms with Crippen molar-refractivity contribution in [2.24, 2.45) is 0 Å². The fraction of sp³-hybridized carbons (Fsp3) is 0.143. The van der Waals surface area contributed by atoms with Crippen molar-refractivity contribution in [2.45, 2.75) is 0 Å². The van der Waals surface area contributed by atoms with E-state index in [0.717, 1.165) is 0 Å². The normalized spacial score (nSPS) is 13.2. The van der Waals surface area contributed by atoms with E-state index in [-0.39, 0.29) is 12.5 Å². The maximum absolute atomic E-state index is 10.2. The summed E-state index contributed by atoms with van der Waals surface area (Å²) in [7, 11) is -0.471. The van der Waals surface area contributed by atoms with Crippen LogP contribution in [-0.4, -0.2) is 6.79 Å². The number of hydrogen-bond acceptors (Lipinski definition) is 5. The summed E-state index contributed by atoms with van der Waals surface area (Å²) in [5.74, 6) is 1.21. The third kappa shape index (κ3) is 1.27. The van der Waals surface area contributed by atoms with Crippen molar-refractivity contribution in [1.82, 2.24) is 0 Å². The number of fused-ring (bicyclic) bond motifs is 1. The number of benzene rings is 1. The van der Waals surface area contributed by atoms with Gasteiger partial charge in [0.1, 0.15) is 0 Å². The highest BCUT2D eigenvalue weighted by Crippen LogP contribution is 2.45. The van der Waals surface area contributed by atoms with Crippen LogP contribution in [0.25, 0.3) is 0 Å². The van der Waals surface area contributed by atoms with Crippen LogP contribution in [0.2, 0.25) is 0 Å². The van der Waals surface area contributed by atoms with Crippen molar-refractivity contribution in [1.29, 1.82) is 0 Å². The van der Waals surface area contributed by atoms with Crippen molar-refractivity contribution >= 4 is 14.4 Å². The van der Waals surface area contributed by atoms with E-state index in [1.807, 2.05) is 0 Å². The topological polar surface area (TPSA) is 70.8 Å². The highest BCUT2D eigenvalue weighted by molar-refractivity contribution is 7.17. The molecule has 0 bridgehead atoms. The zero-order valence-corrected chi connectivity index (χ0v) is 7.41. The summed E-state index contributed by atoms with van der Waals surface area (Å²) < 4.78 is 25.2. The second-order valence-corrected chi connectivity index (χ2v) is 2.72. The van der Waals surface area contributed by atoms with E-state index >= 15 is 0 Å². The zero-order valence-electron chi connectivity index (χ0n) is 6.52. The third-order valence-electron chi connectivity index (χ3n) is 1.65. The van der Waals surface area contributed by atoms with Crippen LogP contribution in [0.4, 0.5) is 5.69 Å². The molecule has 1 aliphatic heterocycles. The Morgan fingerprint density at radius 1 is 1.46 bits per heavy atom. The van der Waals surface area contributed by atoms with Gasteiger partial charge in [-0.3, -0.25) is 0 Å². The number of ether oxygens (including phenoxy) is 2. The predicted octanol–water partition coefficient (Wildman–Crippen LogP) is 1.58. The van der Waals surface area contributed by atoms with Gasteiger partial charge in [-0.2, -0.15) is 0 Å². The molecule has 0 atom stereocenters. The molecule has 13 heavy (non-hydrogen) atoms. The molecule has 0 fully saturated rings. The molecule has 6 heteroatoms. The first-order valence-corrected chi connectivity index (χ1v) is 4.23. The molecule has 1 aliphatic rings. The smallest absolute Gasteiger partial charge is 0.396 e. The lowest BCUT2D eigenvalue weighted by Crippen LogP contribution is -1.94. The van der Waals surface area contributed by atoms with Crippen LogP contribution in [-0.2, 0) is 4.57 Å². The highest BCUT2D eigenvalue weighted by Gasteiger charge is 2.21. The standard InChI is InChI=1S/C7H6NO4P/c8-4-1-2-5-7(11-3-10-5)6(4)12-13-9/h1-2H,3,8H2. The van der Waals surface area contributed by atoms with Crippen LogP contribution < -0.4 is 19.7 Å². The van der Waals surface area contributed by atoms with Gasteiger partial charge in [-0.25, -0.2) is 4.57 Å². The molecule has 1 aromatic rings. The van der Waals surface area contributed by atoms with E-state index in [0.29, 0.717) is 17.2 Å². The Bertz CT molecular complexity index is 355. The molecule has 5 nitrogen and oxygen atoms in total. The van der Waals surface area contributed by atoms with E-state index in [1.54, 1.807) is 12.1 Å². The zero-order chi connectivity index (χ0) is 9.26. The van der Waals surface area contributed by atoms with Gasteiger partial charge in [0, 0.05) is 0 Å². The number of rotatable bonds is 2. The van der Waals surface area contributed by atoms with E-state index in [1.165, 1.54) is 0 Å². The third-order valence-corrected chi connectivity index (χ3v) is 1.91. The first-order valence-electron chi connectivity index (χ1n) is 3.50. The predicted molar refractivity (Wildman–Crippen MR) is 45.2 cm³/mol. The van der Waals surface area contributed by atoms with Gasteiger partial charge in [0.25, 0.3) is 0 Å².